The number of aliphatic imine (C=N–C) groups is 1. The highest BCUT2D eigenvalue weighted by Crippen LogP contribution is 2.23. The molecule has 108 valence electrons. The molecule has 20 heavy (non-hydrogen) atoms. The van der Waals surface area contributed by atoms with Crippen molar-refractivity contribution in [1.29, 1.82) is 0 Å². The van der Waals surface area contributed by atoms with E-state index in [4.69, 9.17) is 21.3 Å². The van der Waals surface area contributed by atoms with Gasteiger partial charge in [0.25, 0.3) is 0 Å². The number of ether oxygens (including phenoxy) is 1. The van der Waals surface area contributed by atoms with Gasteiger partial charge in [-0.25, -0.2) is 0 Å². The number of amidine groups is 1. The smallest absolute Gasteiger partial charge is 0.309 e. The quantitative estimate of drug-likeness (QED) is 0.520. The minimum atomic E-state index is -0.876. The van der Waals surface area contributed by atoms with Crippen molar-refractivity contribution in [3.63, 3.8) is 0 Å². The maximum Gasteiger partial charge on any atom is 0.309 e. The van der Waals surface area contributed by atoms with Crippen molar-refractivity contribution in [2.45, 2.75) is 25.4 Å². The number of nitrogens with zero attached hydrogens (tertiary/aromatic N) is 1. The molecule has 5 N–H and O–H groups in total. The van der Waals surface area contributed by atoms with Crippen molar-refractivity contribution >= 4 is 11.8 Å². The second-order valence-electron chi connectivity index (χ2n) is 5.06. The van der Waals surface area contributed by atoms with Crippen LogP contribution in [0.15, 0.2) is 29.3 Å². The maximum absolute atomic E-state index is 10.7. The summed E-state index contributed by atoms with van der Waals surface area (Å²) in [5.41, 5.74) is 12.4. The van der Waals surface area contributed by atoms with E-state index >= 15 is 0 Å². The third-order valence-electron chi connectivity index (χ3n) is 3.18. The van der Waals surface area contributed by atoms with Gasteiger partial charge in [0.2, 0.25) is 0 Å². The van der Waals surface area contributed by atoms with Gasteiger partial charge in [-0.3, -0.25) is 9.79 Å². The molecular weight excluding hydrogens is 258 g/mol. The molecule has 6 heteroatoms. The van der Waals surface area contributed by atoms with Crippen molar-refractivity contribution in [2.24, 2.45) is 22.4 Å². The van der Waals surface area contributed by atoms with Crippen LogP contribution in [0.3, 0.4) is 0 Å². The summed E-state index contributed by atoms with van der Waals surface area (Å²) in [6, 6.07) is 7.37. The molecule has 1 saturated carbocycles. The number of hydrogen-bond acceptors (Lipinski definition) is 4. The molecule has 6 nitrogen and oxygen atoms in total. The van der Waals surface area contributed by atoms with Gasteiger partial charge in [-0.05, 0) is 37.6 Å². The Labute approximate surface area is 117 Å². The van der Waals surface area contributed by atoms with Crippen molar-refractivity contribution in [3.05, 3.63) is 29.8 Å². The Morgan fingerprint density at radius 2 is 2.10 bits per heavy atom. The van der Waals surface area contributed by atoms with E-state index in [1.54, 1.807) is 31.2 Å². The van der Waals surface area contributed by atoms with Crippen LogP contribution in [-0.4, -0.2) is 35.6 Å². The topological polar surface area (TPSA) is 111 Å². The van der Waals surface area contributed by atoms with Crippen LogP contribution in [-0.2, 0) is 4.79 Å². The molecule has 1 aromatic rings. The van der Waals surface area contributed by atoms with Crippen molar-refractivity contribution in [2.75, 3.05) is 6.61 Å². The summed E-state index contributed by atoms with van der Waals surface area (Å²) < 4.78 is 5.39. The van der Waals surface area contributed by atoms with E-state index in [9.17, 15) is 4.79 Å². The second kappa shape index (κ2) is 5.92. The van der Waals surface area contributed by atoms with Crippen LogP contribution in [0.5, 0.6) is 5.75 Å². The van der Waals surface area contributed by atoms with Crippen molar-refractivity contribution in [1.82, 2.24) is 0 Å². The first-order valence-corrected chi connectivity index (χ1v) is 6.52. The molecular formula is C14H19N3O3. The van der Waals surface area contributed by atoms with Crippen LogP contribution < -0.4 is 16.2 Å². The van der Waals surface area contributed by atoms with Gasteiger partial charge in [0.15, 0.2) is 0 Å². The monoisotopic (exact) mass is 277 g/mol. The Kier molecular flexibility index (Phi) is 4.24. The normalized spacial score (nSPS) is 23.2. The summed E-state index contributed by atoms with van der Waals surface area (Å²) in [7, 11) is 0. The van der Waals surface area contributed by atoms with Gasteiger partial charge in [-0.15, -0.1) is 0 Å². The highest BCUT2D eigenvalue weighted by Gasteiger charge is 2.33. The molecule has 0 bridgehead atoms. The zero-order chi connectivity index (χ0) is 14.7. The molecule has 0 heterocycles. The van der Waals surface area contributed by atoms with Gasteiger partial charge in [0.05, 0.1) is 12.0 Å². The van der Waals surface area contributed by atoms with Crippen LogP contribution >= 0.6 is 0 Å². The molecule has 0 spiro atoms. The molecule has 0 radical (unpaired) electrons. The van der Waals surface area contributed by atoms with Crippen molar-refractivity contribution < 1.29 is 14.6 Å². The minimum Gasteiger partial charge on any atom is -0.493 e. The van der Waals surface area contributed by atoms with Crippen LogP contribution in [0.25, 0.3) is 0 Å². The number of hydrogen-bond donors (Lipinski definition) is 3. The predicted molar refractivity (Wildman–Crippen MR) is 75.8 cm³/mol. The number of carbonyl (C=O) groups is 1. The Morgan fingerprint density at radius 3 is 2.60 bits per heavy atom. The summed E-state index contributed by atoms with van der Waals surface area (Å²) in [6.45, 7) is 1.73. The van der Waals surface area contributed by atoms with Gasteiger partial charge >= 0.3 is 5.97 Å². The molecule has 0 aliphatic heterocycles. The van der Waals surface area contributed by atoms with Crippen LogP contribution in [0.2, 0.25) is 0 Å². The molecule has 2 unspecified atom stereocenters. The lowest BCUT2D eigenvalue weighted by Crippen LogP contribution is -2.18. The molecule has 0 saturated heterocycles. The largest absolute Gasteiger partial charge is 0.493 e. The van der Waals surface area contributed by atoms with E-state index in [1.165, 1.54) is 0 Å². The zero-order valence-corrected chi connectivity index (χ0v) is 11.3. The van der Waals surface area contributed by atoms with Gasteiger partial charge < -0.3 is 21.3 Å². The third-order valence-corrected chi connectivity index (χ3v) is 3.18. The lowest BCUT2D eigenvalue weighted by molar-refractivity contribution is -0.142. The summed E-state index contributed by atoms with van der Waals surface area (Å²) in [4.78, 5) is 15.0. The Bertz CT molecular complexity index is 513. The molecule has 0 amide bonds. The Morgan fingerprint density at radius 1 is 1.50 bits per heavy atom. The van der Waals surface area contributed by atoms with Gasteiger partial charge in [0, 0.05) is 11.6 Å². The third kappa shape index (κ3) is 3.71. The van der Waals surface area contributed by atoms with Crippen LogP contribution in [0, 0.1) is 5.92 Å². The SMILES string of the molecule is CC(COc1ccc(C(N)=NC2C[C@@H]2N)cc1)C(=O)O. The van der Waals surface area contributed by atoms with E-state index in [1.807, 2.05) is 0 Å². The lowest BCUT2D eigenvalue weighted by atomic mass is 10.2. The number of benzene rings is 1. The first-order chi connectivity index (χ1) is 9.47. The number of aliphatic carboxylic acids is 1. The number of rotatable bonds is 6. The molecule has 0 aromatic heterocycles. The number of carboxylic acid groups (broad SMARTS) is 1. The zero-order valence-electron chi connectivity index (χ0n) is 11.3. The minimum absolute atomic E-state index is 0.133. The predicted octanol–water partition coefficient (Wildman–Crippen LogP) is 0.591. The van der Waals surface area contributed by atoms with E-state index in [2.05, 4.69) is 4.99 Å². The van der Waals surface area contributed by atoms with Crippen LogP contribution in [0.1, 0.15) is 18.9 Å². The average molecular weight is 277 g/mol. The fraction of sp³-hybridized carbons (Fsp3) is 0.429. The molecule has 1 aromatic carbocycles. The highest BCUT2D eigenvalue weighted by atomic mass is 16.5. The van der Waals surface area contributed by atoms with Gasteiger partial charge in [-0.1, -0.05) is 0 Å². The summed E-state index contributed by atoms with van der Waals surface area (Å²) in [6.07, 6.45) is 0.884. The van der Waals surface area contributed by atoms with E-state index < -0.39 is 11.9 Å². The maximum atomic E-state index is 10.7. The number of carboxylic acids is 1. The van der Waals surface area contributed by atoms with E-state index in [-0.39, 0.29) is 18.7 Å². The van der Waals surface area contributed by atoms with E-state index in [0.717, 1.165) is 12.0 Å². The highest BCUT2D eigenvalue weighted by molar-refractivity contribution is 5.97. The summed E-state index contributed by atoms with van der Waals surface area (Å²) in [5, 5.41) is 8.77. The fourth-order valence-corrected chi connectivity index (χ4v) is 1.62. The average Bonchev–Trinajstić information content (AvgIpc) is 3.11. The van der Waals surface area contributed by atoms with E-state index in [0.29, 0.717) is 11.6 Å². The summed E-state index contributed by atoms with van der Waals surface area (Å²) >= 11 is 0. The first kappa shape index (κ1) is 14.3. The molecule has 1 aliphatic carbocycles. The van der Waals surface area contributed by atoms with Crippen molar-refractivity contribution in [3.8, 4) is 5.75 Å². The molecule has 2 rings (SSSR count). The number of nitrogens with two attached hydrogens (primary N) is 2. The van der Waals surface area contributed by atoms with Gasteiger partial charge in [-0.2, -0.15) is 0 Å². The first-order valence-electron chi connectivity index (χ1n) is 6.52. The van der Waals surface area contributed by atoms with Gasteiger partial charge in [0.1, 0.15) is 18.2 Å². The van der Waals surface area contributed by atoms with Crippen LogP contribution in [0.4, 0.5) is 0 Å². The second-order valence-corrected chi connectivity index (χ2v) is 5.06. The summed E-state index contributed by atoms with van der Waals surface area (Å²) in [5.74, 6) is -0.345. The lowest BCUT2D eigenvalue weighted by Gasteiger charge is -2.09. The molecule has 1 aliphatic rings. The molecule has 3 atom stereocenters. The fourth-order valence-electron chi connectivity index (χ4n) is 1.62. The Balaban J connectivity index is 1.92. The molecule has 1 fully saturated rings. The Hall–Kier alpha value is -2.08. The standard InChI is InChI=1S/C14H19N3O3/c1-8(14(18)19)7-20-10-4-2-9(3-5-10)13(16)17-12-6-11(12)15/h2-5,8,11-12H,6-7,15H2,1H3,(H2,16,17)(H,18,19)/t8?,11-,12?/m0/s1.